The van der Waals surface area contributed by atoms with Crippen molar-refractivity contribution in [1.82, 2.24) is 40.4 Å². The number of alkyl halides is 2. The van der Waals surface area contributed by atoms with E-state index >= 15 is 0 Å². The topological polar surface area (TPSA) is 225 Å². The number of nitrogen functional groups attached to an aromatic ring is 1. The van der Waals surface area contributed by atoms with Crippen LogP contribution in [0.1, 0.15) is 101 Å². The highest BCUT2D eigenvalue weighted by Gasteiger charge is 2.45. The van der Waals surface area contributed by atoms with Gasteiger partial charge in [-0.3, -0.25) is 9.59 Å². The lowest BCUT2D eigenvalue weighted by Crippen LogP contribution is -2.54. The van der Waals surface area contributed by atoms with Gasteiger partial charge in [-0.1, -0.05) is 55.4 Å². The summed E-state index contributed by atoms with van der Waals surface area (Å²) in [4.78, 5) is 48.9. The SMILES string of the molecule is Cc1ncsc1-c1ccc([C@@H](NC(=O)[C@@H]2C[C@@H](O)CN2C(=O)[C@H](c2cc(N3CCC(CN4CCC(OC5CC(Oc6cc(N7C8CC[C@@H]7CN(c7cc(-c9ccccc9O)nnc7N)C8)ccn6)C5)CC4)CC3)no2)C(C)C)C(F)F)cc1. The molecule has 440 valence electrons. The lowest BCUT2D eigenvalue weighted by Gasteiger charge is -2.43. The Morgan fingerprint density at radius 3 is 2.30 bits per heavy atom. The van der Waals surface area contributed by atoms with Crippen LogP contribution >= 0.6 is 11.3 Å². The molecule has 12 rings (SSSR count). The number of ether oxygens (including phenoxy) is 2. The molecule has 83 heavy (non-hydrogen) atoms. The van der Waals surface area contributed by atoms with Gasteiger partial charge in [0.15, 0.2) is 17.4 Å². The van der Waals surface area contributed by atoms with Crippen LogP contribution in [0.2, 0.25) is 0 Å². The fraction of sp³-hybridized carbons (Fsp3) is 0.525. The molecule has 5 aliphatic heterocycles. The number of aryl methyl sites for hydroxylation is 1. The number of halogens is 2. The molecule has 6 atom stereocenters. The first kappa shape index (κ1) is 56.5. The van der Waals surface area contributed by atoms with Crippen molar-refractivity contribution in [3.05, 3.63) is 102 Å². The lowest BCUT2D eigenvalue weighted by molar-refractivity contribution is -0.141. The van der Waals surface area contributed by atoms with Gasteiger partial charge in [-0.2, -0.15) is 0 Å². The van der Waals surface area contributed by atoms with Crippen LogP contribution in [0.3, 0.4) is 0 Å². The number of hydrogen-bond donors (Lipinski definition) is 4. The number of pyridine rings is 1. The second-order valence-corrected chi connectivity index (χ2v) is 24.7. The molecule has 2 aromatic carbocycles. The number of amides is 2. The highest BCUT2D eigenvalue weighted by Crippen LogP contribution is 2.41. The van der Waals surface area contributed by atoms with Crippen molar-refractivity contribution in [2.45, 2.75) is 139 Å². The van der Waals surface area contributed by atoms with Crippen LogP contribution in [-0.4, -0.2) is 158 Å². The van der Waals surface area contributed by atoms with Crippen LogP contribution in [0, 0.1) is 18.8 Å². The normalized spacial score (nSPS) is 24.1. The standard InChI is InChI=1S/C61H74F2N12O7S/c1-35(2)55(61(79)74-33-43(76)25-50(74)60(78)67-56(58(62)63)38-8-10-39(11-9-38)57-36(3)66-34-83-57)52-29-53(70-82-52)72-22-15-37(16-23-72)30-71-20-17-44(18-21-71)80-45-26-46(27-45)81-54-24-40(14-19-65-54)75-41-12-13-42(75)32-73(31-41)49-28-48(68-69-59(49)64)47-6-4-5-7-51(47)77/h4-11,14,19,24,28-29,34-35,37,41-46,50,55-56,58,76-77H,12-13,15-18,20-23,25-27,30-33H2,1-3H3,(H2,64,69)(H,67,78)/t41-,42?,43-,45?,46?,50+,55+,56-/m1/s1. The number of aliphatic hydroxyl groups is 1. The van der Waals surface area contributed by atoms with Crippen molar-refractivity contribution in [2.24, 2.45) is 11.8 Å². The van der Waals surface area contributed by atoms with Crippen molar-refractivity contribution in [1.29, 1.82) is 0 Å². The fourth-order valence-electron chi connectivity index (χ4n) is 13.5. The van der Waals surface area contributed by atoms with Crippen LogP contribution in [0.5, 0.6) is 11.6 Å². The van der Waals surface area contributed by atoms with Crippen LogP contribution in [0.15, 0.2) is 89.0 Å². The molecule has 22 heteroatoms. The molecule has 6 fully saturated rings. The Morgan fingerprint density at radius 1 is 0.855 bits per heavy atom. The van der Waals surface area contributed by atoms with Crippen molar-refractivity contribution in [3.8, 4) is 33.3 Å². The second-order valence-electron chi connectivity index (χ2n) is 23.9. The summed E-state index contributed by atoms with van der Waals surface area (Å²) in [5.74, 6) is 0.504. The third kappa shape index (κ3) is 12.2. The highest BCUT2D eigenvalue weighted by atomic mass is 32.1. The number of rotatable bonds is 18. The first-order valence-electron chi connectivity index (χ1n) is 29.4. The molecule has 2 amide bonds. The van der Waals surface area contributed by atoms with E-state index < -0.39 is 42.3 Å². The average molecular weight is 1160 g/mol. The van der Waals surface area contributed by atoms with Crippen molar-refractivity contribution in [2.75, 3.05) is 72.8 Å². The monoisotopic (exact) mass is 1160 g/mol. The number of nitrogens with two attached hydrogens (primary N) is 1. The lowest BCUT2D eigenvalue weighted by atomic mass is 9.91. The molecule has 1 aliphatic carbocycles. The number of aromatic hydroxyl groups is 1. The van der Waals surface area contributed by atoms with E-state index in [1.807, 2.05) is 51.2 Å². The Bertz CT molecular complexity index is 3210. The molecular weight excluding hydrogens is 1080 g/mol. The number of fused-ring (bicyclic) bond motifs is 2. The van der Waals surface area contributed by atoms with E-state index in [2.05, 4.69) is 62.4 Å². The van der Waals surface area contributed by atoms with E-state index in [0.717, 1.165) is 125 Å². The van der Waals surface area contributed by atoms with Crippen LogP contribution in [0.4, 0.5) is 31.8 Å². The number of likely N-dealkylation sites (tertiary alicyclic amines) is 2. The van der Waals surface area contributed by atoms with E-state index in [-0.39, 0.29) is 60.6 Å². The number of benzene rings is 2. The smallest absolute Gasteiger partial charge is 0.262 e. The molecule has 0 radical (unpaired) electrons. The van der Waals surface area contributed by atoms with E-state index in [0.29, 0.717) is 40.5 Å². The summed E-state index contributed by atoms with van der Waals surface area (Å²) >= 11 is 1.46. The van der Waals surface area contributed by atoms with Gasteiger partial charge in [-0.15, -0.1) is 21.5 Å². The molecule has 6 aliphatic rings. The Hall–Kier alpha value is -7.01. The molecule has 4 aromatic heterocycles. The number of thiazole rings is 1. The Labute approximate surface area is 486 Å². The summed E-state index contributed by atoms with van der Waals surface area (Å²) < 4.78 is 48.1. The average Bonchev–Trinajstić information content (AvgIpc) is 4.25. The molecule has 0 spiro atoms. The second kappa shape index (κ2) is 24.3. The Balaban J connectivity index is 0.570. The minimum Gasteiger partial charge on any atom is -0.507 e. The zero-order valence-electron chi connectivity index (χ0n) is 47.2. The Kier molecular flexibility index (Phi) is 16.5. The van der Waals surface area contributed by atoms with Crippen molar-refractivity contribution in [3.63, 3.8) is 0 Å². The van der Waals surface area contributed by atoms with Gasteiger partial charge in [0.25, 0.3) is 6.43 Å². The molecule has 2 bridgehead atoms. The number of phenolic OH excluding ortho intramolecular Hbond substituents is 1. The van der Waals surface area contributed by atoms with Gasteiger partial charge >= 0.3 is 0 Å². The summed E-state index contributed by atoms with van der Waals surface area (Å²) in [5.41, 5.74) is 13.2. The number of piperidine rings is 2. The van der Waals surface area contributed by atoms with Gasteiger partial charge in [0.1, 0.15) is 29.9 Å². The van der Waals surface area contributed by atoms with Crippen LogP contribution in [0.25, 0.3) is 21.7 Å². The number of aromatic nitrogens is 5. The molecule has 1 unspecified atom stereocenters. The number of carbonyl (C=O) groups is 2. The predicted octanol–water partition coefficient (Wildman–Crippen LogP) is 8.24. The van der Waals surface area contributed by atoms with Gasteiger partial charge in [0.05, 0.1) is 45.8 Å². The Morgan fingerprint density at radius 2 is 1.60 bits per heavy atom. The molecule has 5 saturated heterocycles. The zero-order chi connectivity index (χ0) is 57.5. The zero-order valence-corrected chi connectivity index (χ0v) is 48.0. The van der Waals surface area contributed by atoms with E-state index in [9.17, 15) is 28.6 Å². The van der Waals surface area contributed by atoms with Crippen LogP contribution < -0.4 is 30.5 Å². The highest BCUT2D eigenvalue weighted by molar-refractivity contribution is 7.13. The number of nitrogens with one attached hydrogen (secondary N) is 1. The van der Waals surface area contributed by atoms with Gasteiger partial charge in [-0.05, 0) is 92.7 Å². The number of hydrogen-bond acceptors (Lipinski definition) is 18. The van der Waals surface area contributed by atoms with Crippen molar-refractivity contribution < 1.29 is 42.6 Å². The molecule has 1 saturated carbocycles. The number of aliphatic hydroxyl groups excluding tert-OH is 1. The van der Waals surface area contributed by atoms with Crippen LogP contribution in [-0.2, 0) is 14.3 Å². The van der Waals surface area contributed by atoms with E-state index in [1.54, 1.807) is 41.9 Å². The summed E-state index contributed by atoms with van der Waals surface area (Å²) in [7, 11) is 0. The maximum Gasteiger partial charge on any atom is 0.262 e. The predicted molar refractivity (Wildman–Crippen MR) is 312 cm³/mol. The maximum atomic E-state index is 14.6. The largest absolute Gasteiger partial charge is 0.507 e. The number of carbonyl (C=O) groups excluding carboxylic acids is 2. The third-order valence-electron chi connectivity index (χ3n) is 18.0. The van der Waals surface area contributed by atoms with Crippen molar-refractivity contribution >= 4 is 46.2 Å². The van der Waals surface area contributed by atoms with Gasteiger partial charge in [0, 0.05) is 113 Å². The quantitative estimate of drug-likeness (QED) is 0.0636. The van der Waals surface area contributed by atoms with E-state index in [4.69, 9.17) is 19.7 Å². The van der Waals surface area contributed by atoms with Gasteiger partial charge < -0.3 is 59.8 Å². The molecule has 5 N–H and O–H groups in total. The summed E-state index contributed by atoms with van der Waals surface area (Å²) in [6, 6.07) is 19.5. The number of phenols is 1. The fourth-order valence-corrected chi connectivity index (χ4v) is 14.3. The minimum atomic E-state index is -2.92. The third-order valence-corrected chi connectivity index (χ3v) is 19.0. The number of para-hydroxylation sites is 1. The molecule has 19 nitrogen and oxygen atoms in total. The number of nitrogens with zero attached hydrogens (tertiary/aromatic N) is 10. The number of β-amino-alcohol motifs (C(OH)–C–C–N with tert-alkyl or cyclic N) is 1. The number of anilines is 4. The molecular formula is C61H74F2N12O7S. The van der Waals surface area contributed by atoms with Gasteiger partial charge in [0.2, 0.25) is 17.7 Å². The number of piperazine rings is 1. The maximum absolute atomic E-state index is 14.6. The summed E-state index contributed by atoms with van der Waals surface area (Å²) in [5, 5.41) is 36.7. The summed E-state index contributed by atoms with van der Waals surface area (Å²) in [6.07, 6.45) is 6.16. The first-order chi connectivity index (χ1) is 40.2. The molecule has 9 heterocycles. The summed E-state index contributed by atoms with van der Waals surface area (Å²) in [6.45, 7) is 11.8. The molecule has 6 aromatic rings. The van der Waals surface area contributed by atoms with E-state index in [1.165, 1.54) is 16.2 Å². The van der Waals surface area contributed by atoms with Gasteiger partial charge in [-0.25, -0.2) is 18.7 Å². The first-order valence-corrected chi connectivity index (χ1v) is 30.3. The minimum absolute atomic E-state index is 0.0660.